The Kier molecular flexibility index (Phi) is 5.22. The number of hydrogen-bond donors (Lipinski definition) is 1. The molecule has 8 heteroatoms. The summed E-state index contributed by atoms with van der Waals surface area (Å²) in [6.45, 7) is 5.23. The summed E-state index contributed by atoms with van der Waals surface area (Å²) in [7, 11) is 0. The van der Waals surface area contributed by atoms with Gasteiger partial charge in [0.1, 0.15) is 0 Å². The largest absolute Gasteiger partial charge is 0.416 e. The zero-order valence-electron chi connectivity index (χ0n) is 15.0. The summed E-state index contributed by atoms with van der Waals surface area (Å²) >= 11 is 0. The number of nitrogens with two attached hydrogens (primary N) is 1. The van der Waals surface area contributed by atoms with E-state index >= 15 is 0 Å². The molecule has 26 heavy (non-hydrogen) atoms. The molecule has 0 bridgehead atoms. The van der Waals surface area contributed by atoms with E-state index in [1.807, 2.05) is 37.3 Å². The van der Waals surface area contributed by atoms with Crippen LogP contribution in [0.4, 0.5) is 4.79 Å². The van der Waals surface area contributed by atoms with Gasteiger partial charge in [0.05, 0.1) is 17.4 Å². The molecule has 0 radical (unpaired) electrons. The third-order valence-corrected chi connectivity index (χ3v) is 4.23. The van der Waals surface area contributed by atoms with Gasteiger partial charge in [0, 0.05) is 32.2 Å². The lowest BCUT2D eigenvalue weighted by Gasteiger charge is -2.34. The second kappa shape index (κ2) is 7.57. The standard InChI is InChI=1S/C18H23N5O3/c1-13-12-16(23(20-13)15-6-4-3-5-7-15)26-18(25)22-10-8-21(9-11-22)17(24)14(2)19/h3-7,12,14H,8-11,19H2,1-2H3/t14-/m0/s1. The zero-order valence-corrected chi connectivity index (χ0v) is 15.0. The molecular weight excluding hydrogens is 334 g/mol. The third kappa shape index (κ3) is 3.85. The second-order valence-corrected chi connectivity index (χ2v) is 6.34. The minimum absolute atomic E-state index is 0.101. The van der Waals surface area contributed by atoms with Crippen molar-refractivity contribution in [2.45, 2.75) is 19.9 Å². The quantitative estimate of drug-likeness (QED) is 0.890. The van der Waals surface area contributed by atoms with Crippen LogP contribution in [0.5, 0.6) is 5.88 Å². The van der Waals surface area contributed by atoms with E-state index in [9.17, 15) is 9.59 Å². The van der Waals surface area contributed by atoms with Gasteiger partial charge < -0.3 is 20.3 Å². The van der Waals surface area contributed by atoms with E-state index in [0.29, 0.717) is 32.1 Å². The molecule has 1 aliphatic rings. The first kappa shape index (κ1) is 17.9. The second-order valence-electron chi connectivity index (χ2n) is 6.34. The predicted octanol–water partition coefficient (Wildman–Crippen LogP) is 1.17. The molecule has 0 aliphatic carbocycles. The van der Waals surface area contributed by atoms with E-state index < -0.39 is 12.1 Å². The van der Waals surface area contributed by atoms with Gasteiger partial charge in [-0.05, 0) is 26.0 Å². The number of aryl methyl sites for hydroxylation is 1. The molecule has 2 amide bonds. The van der Waals surface area contributed by atoms with Crippen LogP contribution in [0, 0.1) is 6.92 Å². The monoisotopic (exact) mass is 357 g/mol. The lowest BCUT2D eigenvalue weighted by Crippen LogP contribution is -2.54. The van der Waals surface area contributed by atoms with E-state index in [0.717, 1.165) is 11.4 Å². The highest BCUT2D eigenvalue weighted by atomic mass is 16.6. The van der Waals surface area contributed by atoms with Crippen molar-refractivity contribution in [1.29, 1.82) is 0 Å². The minimum Gasteiger partial charge on any atom is -0.391 e. The SMILES string of the molecule is Cc1cc(OC(=O)N2CCN(C(=O)[C@H](C)N)CC2)n(-c2ccccc2)n1. The van der Waals surface area contributed by atoms with Gasteiger partial charge in [-0.2, -0.15) is 5.10 Å². The molecule has 1 aliphatic heterocycles. The van der Waals surface area contributed by atoms with Crippen molar-refractivity contribution in [3.05, 3.63) is 42.1 Å². The zero-order chi connectivity index (χ0) is 18.7. The molecule has 3 rings (SSSR count). The van der Waals surface area contributed by atoms with Crippen molar-refractivity contribution in [3.63, 3.8) is 0 Å². The van der Waals surface area contributed by atoms with Crippen LogP contribution in [0.15, 0.2) is 36.4 Å². The Hall–Kier alpha value is -2.87. The van der Waals surface area contributed by atoms with E-state index in [-0.39, 0.29) is 5.91 Å². The maximum atomic E-state index is 12.5. The Labute approximate surface area is 152 Å². The minimum atomic E-state index is -0.531. The van der Waals surface area contributed by atoms with Crippen LogP contribution in [-0.4, -0.2) is 63.8 Å². The fourth-order valence-corrected chi connectivity index (χ4v) is 2.85. The maximum Gasteiger partial charge on any atom is 0.416 e. The van der Waals surface area contributed by atoms with Gasteiger partial charge in [0.2, 0.25) is 11.8 Å². The molecule has 1 aromatic heterocycles. The van der Waals surface area contributed by atoms with Gasteiger partial charge in [-0.15, -0.1) is 0 Å². The summed E-state index contributed by atoms with van der Waals surface area (Å²) < 4.78 is 7.16. The lowest BCUT2D eigenvalue weighted by molar-refractivity contribution is -0.133. The normalized spacial score (nSPS) is 15.7. The maximum absolute atomic E-state index is 12.5. The first-order valence-electron chi connectivity index (χ1n) is 8.59. The van der Waals surface area contributed by atoms with Crippen molar-refractivity contribution in [2.75, 3.05) is 26.2 Å². The van der Waals surface area contributed by atoms with E-state index in [2.05, 4.69) is 5.10 Å². The van der Waals surface area contributed by atoms with Gasteiger partial charge in [0.15, 0.2) is 0 Å². The highest BCUT2D eigenvalue weighted by Gasteiger charge is 2.27. The van der Waals surface area contributed by atoms with Crippen molar-refractivity contribution in [3.8, 4) is 11.6 Å². The van der Waals surface area contributed by atoms with Crippen LogP contribution < -0.4 is 10.5 Å². The number of ether oxygens (including phenoxy) is 1. The number of piperazine rings is 1. The molecule has 1 atom stereocenters. The van der Waals surface area contributed by atoms with E-state index in [1.165, 1.54) is 0 Å². The average molecular weight is 357 g/mol. The Morgan fingerprint density at radius 3 is 2.35 bits per heavy atom. The van der Waals surface area contributed by atoms with Crippen LogP contribution in [-0.2, 0) is 4.79 Å². The number of nitrogens with zero attached hydrogens (tertiary/aromatic N) is 4. The molecule has 0 spiro atoms. The molecule has 1 aromatic carbocycles. The van der Waals surface area contributed by atoms with Crippen molar-refractivity contribution < 1.29 is 14.3 Å². The Bertz CT molecular complexity index is 779. The number of amides is 2. The number of benzene rings is 1. The summed E-state index contributed by atoms with van der Waals surface area (Å²) in [5.41, 5.74) is 7.20. The van der Waals surface area contributed by atoms with Crippen LogP contribution >= 0.6 is 0 Å². The molecular formula is C18H23N5O3. The molecule has 2 aromatic rings. The Morgan fingerprint density at radius 2 is 1.73 bits per heavy atom. The summed E-state index contributed by atoms with van der Waals surface area (Å²) in [5, 5.41) is 4.39. The van der Waals surface area contributed by atoms with Gasteiger partial charge >= 0.3 is 6.09 Å². The van der Waals surface area contributed by atoms with Gasteiger partial charge in [-0.1, -0.05) is 18.2 Å². The van der Waals surface area contributed by atoms with Crippen LogP contribution in [0.3, 0.4) is 0 Å². The predicted molar refractivity (Wildman–Crippen MR) is 96.1 cm³/mol. The van der Waals surface area contributed by atoms with Crippen molar-refractivity contribution in [2.24, 2.45) is 5.73 Å². The Balaban J connectivity index is 1.66. The summed E-state index contributed by atoms with van der Waals surface area (Å²) in [6, 6.07) is 10.7. The van der Waals surface area contributed by atoms with Crippen molar-refractivity contribution >= 4 is 12.0 Å². The first-order chi connectivity index (χ1) is 12.5. The lowest BCUT2D eigenvalue weighted by atomic mass is 10.2. The van der Waals surface area contributed by atoms with Gasteiger partial charge in [0.25, 0.3) is 0 Å². The molecule has 138 valence electrons. The van der Waals surface area contributed by atoms with Crippen molar-refractivity contribution in [1.82, 2.24) is 19.6 Å². The molecule has 2 heterocycles. The van der Waals surface area contributed by atoms with Gasteiger partial charge in [-0.3, -0.25) is 4.79 Å². The fourth-order valence-electron chi connectivity index (χ4n) is 2.85. The van der Waals surface area contributed by atoms with E-state index in [4.69, 9.17) is 10.5 Å². The first-order valence-corrected chi connectivity index (χ1v) is 8.59. The van der Waals surface area contributed by atoms with E-state index in [1.54, 1.807) is 27.5 Å². The number of para-hydroxylation sites is 1. The molecule has 0 saturated carbocycles. The highest BCUT2D eigenvalue weighted by Crippen LogP contribution is 2.20. The Morgan fingerprint density at radius 1 is 1.12 bits per heavy atom. The summed E-state index contributed by atoms with van der Waals surface area (Å²) in [6.07, 6.45) is -0.449. The number of carbonyl (C=O) groups excluding carboxylic acids is 2. The number of rotatable bonds is 3. The van der Waals surface area contributed by atoms with Crippen LogP contribution in [0.2, 0.25) is 0 Å². The smallest absolute Gasteiger partial charge is 0.391 e. The topological polar surface area (TPSA) is 93.7 Å². The van der Waals surface area contributed by atoms with Crippen LogP contribution in [0.25, 0.3) is 5.69 Å². The third-order valence-electron chi connectivity index (χ3n) is 4.23. The fraction of sp³-hybridized carbons (Fsp3) is 0.389. The average Bonchev–Trinajstić information content (AvgIpc) is 3.02. The molecule has 1 fully saturated rings. The van der Waals surface area contributed by atoms with Gasteiger partial charge in [-0.25, -0.2) is 9.48 Å². The van der Waals surface area contributed by atoms with Crippen LogP contribution in [0.1, 0.15) is 12.6 Å². The summed E-state index contributed by atoms with van der Waals surface area (Å²) in [4.78, 5) is 27.7. The molecule has 0 unspecified atom stereocenters. The molecule has 2 N–H and O–H groups in total. The summed E-state index contributed by atoms with van der Waals surface area (Å²) in [5.74, 6) is 0.267. The molecule has 8 nitrogen and oxygen atoms in total. The molecule has 1 saturated heterocycles. The number of aromatic nitrogens is 2. The number of carbonyl (C=O) groups is 2. The number of hydrogen-bond acceptors (Lipinski definition) is 5. The highest BCUT2D eigenvalue weighted by molar-refractivity contribution is 5.81.